The van der Waals surface area contributed by atoms with Gasteiger partial charge in [0.1, 0.15) is 0 Å². The molecule has 0 aromatic rings. The molecule has 3 nitrogen and oxygen atoms in total. The van der Waals surface area contributed by atoms with Crippen molar-refractivity contribution in [2.45, 2.75) is 33.1 Å². The molecule has 0 N–H and O–H groups in total. The number of nitrogens with zero attached hydrogens (tertiary/aromatic N) is 1. The van der Waals surface area contributed by atoms with Gasteiger partial charge >= 0.3 is 0 Å². The molecule has 0 radical (unpaired) electrons. The van der Waals surface area contributed by atoms with Gasteiger partial charge in [-0.1, -0.05) is 20.3 Å². The van der Waals surface area contributed by atoms with Crippen LogP contribution in [0.25, 0.3) is 0 Å². The number of hydrogen-bond acceptors (Lipinski definition) is 2. The summed E-state index contributed by atoms with van der Waals surface area (Å²) in [7, 11) is -2.92. The van der Waals surface area contributed by atoms with Crippen LogP contribution in [0.1, 0.15) is 33.1 Å². The van der Waals surface area contributed by atoms with Crippen molar-refractivity contribution in [2.24, 2.45) is 5.92 Å². The average molecular weight is 205 g/mol. The highest BCUT2D eigenvalue weighted by Crippen LogP contribution is 2.19. The zero-order valence-electron chi connectivity index (χ0n) is 8.49. The summed E-state index contributed by atoms with van der Waals surface area (Å²) in [6.07, 6.45) is 2.75. The molecule has 0 aromatic carbocycles. The molecule has 1 saturated heterocycles. The quantitative estimate of drug-likeness (QED) is 0.697. The molecular weight excluding hydrogens is 186 g/mol. The summed E-state index contributed by atoms with van der Waals surface area (Å²) in [5.41, 5.74) is 0. The smallest absolute Gasteiger partial charge is 0.212 e. The van der Waals surface area contributed by atoms with Gasteiger partial charge in [0.05, 0.1) is 5.75 Å². The fourth-order valence-electron chi connectivity index (χ4n) is 1.60. The van der Waals surface area contributed by atoms with Crippen LogP contribution in [-0.2, 0) is 10.0 Å². The lowest BCUT2D eigenvalue weighted by Crippen LogP contribution is -2.30. The van der Waals surface area contributed by atoms with E-state index in [-0.39, 0.29) is 0 Å². The molecule has 1 fully saturated rings. The fourth-order valence-corrected chi connectivity index (χ4v) is 3.38. The summed E-state index contributed by atoms with van der Waals surface area (Å²) in [5.74, 6) is 0.868. The first kappa shape index (κ1) is 11.0. The van der Waals surface area contributed by atoms with Crippen LogP contribution in [0, 0.1) is 5.92 Å². The third-order valence-electron chi connectivity index (χ3n) is 2.54. The maximum absolute atomic E-state index is 11.7. The van der Waals surface area contributed by atoms with Gasteiger partial charge in [0.25, 0.3) is 0 Å². The normalized spacial score (nSPS) is 25.2. The largest absolute Gasteiger partial charge is 0.214 e. The van der Waals surface area contributed by atoms with E-state index in [1.54, 1.807) is 4.31 Å². The second-order valence-corrected chi connectivity index (χ2v) is 6.01. The topological polar surface area (TPSA) is 37.4 Å². The maximum atomic E-state index is 11.7. The first-order chi connectivity index (χ1) is 6.06. The molecule has 1 aliphatic rings. The second kappa shape index (κ2) is 4.42. The molecule has 0 unspecified atom stereocenters. The number of unbranched alkanes of at least 4 members (excludes halogenated alkanes) is 1. The van der Waals surface area contributed by atoms with E-state index in [2.05, 4.69) is 6.92 Å². The van der Waals surface area contributed by atoms with Crippen molar-refractivity contribution in [3.63, 3.8) is 0 Å². The molecule has 13 heavy (non-hydrogen) atoms. The first-order valence-electron chi connectivity index (χ1n) is 5.04. The first-order valence-corrected chi connectivity index (χ1v) is 6.65. The van der Waals surface area contributed by atoms with E-state index in [0.29, 0.717) is 11.7 Å². The van der Waals surface area contributed by atoms with Crippen molar-refractivity contribution in [1.29, 1.82) is 0 Å². The van der Waals surface area contributed by atoms with Crippen molar-refractivity contribution < 1.29 is 8.42 Å². The van der Waals surface area contributed by atoms with E-state index in [1.807, 2.05) is 6.92 Å². The van der Waals surface area contributed by atoms with E-state index < -0.39 is 10.0 Å². The Bertz CT molecular complexity index is 248. The van der Waals surface area contributed by atoms with Crippen LogP contribution in [0.2, 0.25) is 0 Å². The molecule has 0 saturated carbocycles. The zero-order chi connectivity index (χ0) is 9.90. The predicted octanol–water partition coefficient (Wildman–Crippen LogP) is 1.46. The fraction of sp³-hybridized carbons (Fsp3) is 1.00. The van der Waals surface area contributed by atoms with Gasteiger partial charge < -0.3 is 0 Å². The van der Waals surface area contributed by atoms with Gasteiger partial charge in [-0.05, 0) is 18.8 Å². The standard InChI is InChI=1S/C9H19NO2S/c1-3-4-7-13(11,12)10-6-5-9(2)8-10/h9H,3-8H2,1-2H3/t9-/m0/s1. The molecule has 1 aliphatic heterocycles. The highest BCUT2D eigenvalue weighted by atomic mass is 32.2. The Hall–Kier alpha value is -0.0900. The number of sulfonamides is 1. The maximum Gasteiger partial charge on any atom is 0.214 e. The molecule has 0 spiro atoms. The molecule has 1 rings (SSSR count). The van der Waals surface area contributed by atoms with Gasteiger partial charge in [-0.25, -0.2) is 12.7 Å². The van der Waals surface area contributed by atoms with Crippen LogP contribution in [-0.4, -0.2) is 31.6 Å². The lowest BCUT2D eigenvalue weighted by atomic mass is 10.2. The van der Waals surface area contributed by atoms with Gasteiger partial charge in [0, 0.05) is 13.1 Å². The number of rotatable bonds is 4. The molecule has 4 heteroatoms. The minimum atomic E-state index is -2.92. The average Bonchev–Trinajstić information content (AvgIpc) is 2.49. The Morgan fingerprint density at radius 1 is 1.46 bits per heavy atom. The highest BCUT2D eigenvalue weighted by Gasteiger charge is 2.28. The summed E-state index contributed by atoms with van der Waals surface area (Å²) in [6, 6.07) is 0. The predicted molar refractivity (Wildman–Crippen MR) is 54.0 cm³/mol. The van der Waals surface area contributed by atoms with Gasteiger partial charge in [0.2, 0.25) is 10.0 Å². The van der Waals surface area contributed by atoms with Gasteiger partial charge in [0.15, 0.2) is 0 Å². The summed E-state index contributed by atoms with van der Waals surface area (Å²) >= 11 is 0. The van der Waals surface area contributed by atoms with Crippen LogP contribution in [0.15, 0.2) is 0 Å². The lowest BCUT2D eigenvalue weighted by molar-refractivity contribution is 0.463. The minimum absolute atomic E-state index is 0.330. The molecule has 0 bridgehead atoms. The minimum Gasteiger partial charge on any atom is -0.212 e. The van der Waals surface area contributed by atoms with E-state index in [0.717, 1.165) is 32.4 Å². The molecule has 0 amide bonds. The molecular formula is C9H19NO2S. The monoisotopic (exact) mass is 205 g/mol. The van der Waals surface area contributed by atoms with Crippen LogP contribution in [0.3, 0.4) is 0 Å². The summed E-state index contributed by atoms with van der Waals surface area (Å²) in [6.45, 7) is 5.58. The molecule has 0 aliphatic carbocycles. The van der Waals surface area contributed by atoms with Crippen LogP contribution >= 0.6 is 0 Å². The molecule has 0 aromatic heterocycles. The van der Waals surface area contributed by atoms with E-state index in [9.17, 15) is 8.42 Å². The molecule has 1 atom stereocenters. The van der Waals surface area contributed by atoms with Crippen LogP contribution in [0.5, 0.6) is 0 Å². The Kier molecular flexibility index (Phi) is 3.74. The van der Waals surface area contributed by atoms with Gasteiger partial charge in [-0.3, -0.25) is 0 Å². The van der Waals surface area contributed by atoms with Crippen molar-refractivity contribution in [2.75, 3.05) is 18.8 Å². The lowest BCUT2D eigenvalue weighted by Gasteiger charge is -2.15. The van der Waals surface area contributed by atoms with Crippen molar-refractivity contribution >= 4 is 10.0 Å². The van der Waals surface area contributed by atoms with E-state index >= 15 is 0 Å². The zero-order valence-corrected chi connectivity index (χ0v) is 9.31. The van der Waals surface area contributed by atoms with Gasteiger partial charge in [-0.2, -0.15) is 0 Å². The Balaban J connectivity index is 2.50. The Labute approximate surface area is 81.2 Å². The Morgan fingerprint density at radius 2 is 2.15 bits per heavy atom. The molecule has 78 valence electrons. The van der Waals surface area contributed by atoms with Crippen molar-refractivity contribution in [3.8, 4) is 0 Å². The summed E-state index contributed by atoms with van der Waals surface area (Å²) in [4.78, 5) is 0. The van der Waals surface area contributed by atoms with Crippen molar-refractivity contribution in [3.05, 3.63) is 0 Å². The summed E-state index contributed by atoms with van der Waals surface area (Å²) in [5, 5.41) is 0. The van der Waals surface area contributed by atoms with Crippen molar-refractivity contribution in [1.82, 2.24) is 4.31 Å². The molecule has 1 heterocycles. The Morgan fingerprint density at radius 3 is 2.62 bits per heavy atom. The summed E-state index contributed by atoms with van der Waals surface area (Å²) < 4.78 is 25.0. The van der Waals surface area contributed by atoms with Gasteiger partial charge in [-0.15, -0.1) is 0 Å². The van der Waals surface area contributed by atoms with Crippen LogP contribution in [0.4, 0.5) is 0 Å². The number of hydrogen-bond donors (Lipinski definition) is 0. The highest BCUT2D eigenvalue weighted by molar-refractivity contribution is 7.89. The second-order valence-electron chi connectivity index (χ2n) is 3.92. The van der Waals surface area contributed by atoms with E-state index in [4.69, 9.17) is 0 Å². The van der Waals surface area contributed by atoms with Crippen LogP contribution < -0.4 is 0 Å². The third-order valence-corrected chi connectivity index (χ3v) is 4.46. The SMILES string of the molecule is CCCCS(=O)(=O)N1CC[C@H](C)C1. The third kappa shape index (κ3) is 2.95. The van der Waals surface area contributed by atoms with E-state index in [1.165, 1.54) is 0 Å².